The highest BCUT2D eigenvalue weighted by molar-refractivity contribution is 5.22. The number of aryl methyl sites for hydroxylation is 1. The summed E-state index contributed by atoms with van der Waals surface area (Å²) < 4.78 is 14.4. The molecule has 1 aromatic heterocycles. The van der Waals surface area contributed by atoms with Gasteiger partial charge in [0.25, 0.3) is 0 Å². The lowest BCUT2D eigenvalue weighted by Gasteiger charge is -2.10. The van der Waals surface area contributed by atoms with Crippen LogP contribution in [-0.2, 0) is 6.54 Å². The molecule has 0 amide bonds. The minimum Gasteiger partial charge on any atom is -0.386 e. The zero-order valence-corrected chi connectivity index (χ0v) is 10.2. The summed E-state index contributed by atoms with van der Waals surface area (Å²) in [6.45, 7) is 1.68. The number of nitro groups is 1. The number of aliphatic hydroxyl groups excluding tert-OH is 1. The van der Waals surface area contributed by atoms with Crippen LogP contribution in [-0.4, -0.2) is 19.8 Å². The molecule has 0 saturated carbocycles. The van der Waals surface area contributed by atoms with Crippen molar-refractivity contribution < 1.29 is 14.4 Å². The summed E-state index contributed by atoms with van der Waals surface area (Å²) in [5.41, 5.74) is 0.958. The topological polar surface area (TPSA) is 81.2 Å². The Morgan fingerprint density at radius 1 is 1.53 bits per heavy atom. The number of hydrogen-bond donors (Lipinski definition) is 1. The molecule has 0 aliphatic heterocycles. The average Bonchev–Trinajstić information content (AvgIpc) is 2.71. The van der Waals surface area contributed by atoms with Gasteiger partial charge in [0, 0.05) is 0 Å². The third kappa shape index (κ3) is 2.94. The van der Waals surface area contributed by atoms with Gasteiger partial charge in [0.1, 0.15) is 11.9 Å². The number of benzene rings is 1. The van der Waals surface area contributed by atoms with Crippen LogP contribution in [0.1, 0.15) is 17.4 Å². The van der Waals surface area contributed by atoms with Gasteiger partial charge in [-0.05, 0) is 29.5 Å². The van der Waals surface area contributed by atoms with Crippen molar-refractivity contribution in [3.8, 4) is 0 Å². The van der Waals surface area contributed by atoms with Gasteiger partial charge < -0.3 is 15.2 Å². The standard InChI is InChI=1S/C12H12FN3O3/c1-8-5-12(16(18)19)14-15(8)7-11(17)9-3-2-4-10(13)6-9/h2-6,11,17H,7H2,1H3/t11-/m0/s1. The van der Waals surface area contributed by atoms with E-state index in [0.717, 1.165) is 0 Å². The number of aromatic nitrogens is 2. The van der Waals surface area contributed by atoms with E-state index in [1.165, 1.54) is 28.9 Å². The third-order valence-corrected chi connectivity index (χ3v) is 2.73. The highest BCUT2D eigenvalue weighted by atomic mass is 19.1. The molecule has 1 N–H and O–H groups in total. The van der Waals surface area contributed by atoms with Crippen LogP contribution < -0.4 is 0 Å². The van der Waals surface area contributed by atoms with E-state index in [4.69, 9.17) is 0 Å². The first-order valence-electron chi connectivity index (χ1n) is 5.60. The van der Waals surface area contributed by atoms with E-state index in [1.807, 2.05) is 0 Å². The smallest absolute Gasteiger partial charge is 0.386 e. The van der Waals surface area contributed by atoms with E-state index < -0.39 is 16.8 Å². The van der Waals surface area contributed by atoms with Crippen LogP contribution in [0.15, 0.2) is 30.3 Å². The Kier molecular flexibility index (Phi) is 3.57. The Morgan fingerprint density at radius 2 is 2.26 bits per heavy atom. The molecule has 0 aliphatic carbocycles. The second-order valence-corrected chi connectivity index (χ2v) is 4.15. The van der Waals surface area contributed by atoms with Crippen LogP contribution in [0.4, 0.5) is 10.2 Å². The molecule has 0 fully saturated rings. The maximum absolute atomic E-state index is 13.0. The number of aliphatic hydroxyl groups is 1. The molecule has 0 aliphatic rings. The maximum Gasteiger partial charge on any atom is 0.390 e. The highest BCUT2D eigenvalue weighted by Gasteiger charge is 2.18. The van der Waals surface area contributed by atoms with Crippen LogP contribution in [0.3, 0.4) is 0 Å². The molecule has 0 spiro atoms. The number of nitrogens with zero attached hydrogens (tertiary/aromatic N) is 3. The zero-order chi connectivity index (χ0) is 14.0. The normalized spacial score (nSPS) is 12.4. The molecule has 0 unspecified atom stereocenters. The Morgan fingerprint density at radius 3 is 2.84 bits per heavy atom. The van der Waals surface area contributed by atoms with E-state index in [1.54, 1.807) is 13.0 Å². The molecular formula is C12H12FN3O3. The Hall–Kier alpha value is -2.28. The fourth-order valence-electron chi connectivity index (χ4n) is 1.75. The zero-order valence-electron chi connectivity index (χ0n) is 10.2. The molecule has 0 bridgehead atoms. The Labute approximate surface area is 108 Å². The summed E-state index contributed by atoms with van der Waals surface area (Å²) in [5.74, 6) is -0.719. The molecular weight excluding hydrogens is 253 g/mol. The largest absolute Gasteiger partial charge is 0.390 e. The van der Waals surface area contributed by atoms with Crippen molar-refractivity contribution in [2.45, 2.75) is 19.6 Å². The summed E-state index contributed by atoms with van der Waals surface area (Å²) in [6, 6.07) is 6.89. The fourth-order valence-corrected chi connectivity index (χ4v) is 1.75. The van der Waals surface area contributed by atoms with Crippen LogP contribution in [0.5, 0.6) is 0 Å². The summed E-state index contributed by atoms with van der Waals surface area (Å²) in [7, 11) is 0. The SMILES string of the molecule is Cc1cc([N+](=O)[O-])nn1C[C@H](O)c1cccc(F)c1. The second kappa shape index (κ2) is 5.15. The molecule has 2 aromatic rings. The molecule has 7 heteroatoms. The van der Waals surface area contributed by atoms with Gasteiger partial charge in [-0.1, -0.05) is 12.1 Å². The number of hydrogen-bond acceptors (Lipinski definition) is 4. The van der Waals surface area contributed by atoms with E-state index in [9.17, 15) is 19.6 Å². The summed E-state index contributed by atoms with van der Waals surface area (Å²) in [5, 5.41) is 24.3. The van der Waals surface area contributed by atoms with Crippen LogP contribution in [0, 0.1) is 22.9 Å². The van der Waals surface area contributed by atoms with Gasteiger partial charge in [-0.3, -0.25) is 0 Å². The summed E-state index contributed by atoms with van der Waals surface area (Å²) in [6.07, 6.45) is -0.978. The van der Waals surface area contributed by atoms with E-state index in [-0.39, 0.29) is 12.4 Å². The Balaban J connectivity index is 2.19. The fraction of sp³-hybridized carbons (Fsp3) is 0.250. The van der Waals surface area contributed by atoms with Gasteiger partial charge in [-0.2, -0.15) is 4.68 Å². The molecule has 1 aromatic carbocycles. The van der Waals surface area contributed by atoms with E-state index >= 15 is 0 Å². The predicted molar refractivity (Wildman–Crippen MR) is 65.0 cm³/mol. The lowest BCUT2D eigenvalue weighted by molar-refractivity contribution is -0.389. The lowest BCUT2D eigenvalue weighted by atomic mass is 10.1. The predicted octanol–water partition coefficient (Wildman–Crippen LogP) is 1.97. The van der Waals surface area contributed by atoms with Crippen LogP contribution in [0.25, 0.3) is 0 Å². The van der Waals surface area contributed by atoms with Crippen molar-refractivity contribution in [3.63, 3.8) is 0 Å². The maximum atomic E-state index is 13.0. The molecule has 6 nitrogen and oxygen atoms in total. The first-order valence-corrected chi connectivity index (χ1v) is 5.60. The molecule has 100 valence electrons. The summed E-state index contributed by atoms with van der Waals surface area (Å²) >= 11 is 0. The van der Waals surface area contributed by atoms with Crippen molar-refractivity contribution in [3.05, 3.63) is 57.5 Å². The van der Waals surface area contributed by atoms with Gasteiger partial charge in [0.2, 0.25) is 0 Å². The number of halogens is 1. The van der Waals surface area contributed by atoms with Crippen molar-refractivity contribution >= 4 is 5.82 Å². The van der Waals surface area contributed by atoms with Gasteiger partial charge in [-0.15, -0.1) is 0 Å². The molecule has 1 atom stereocenters. The lowest BCUT2D eigenvalue weighted by Crippen LogP contribution is -2.11. The molecule has 19 heavy (non-hydrogen) atoms. The third-order valence-electron chi connectivity index (χ3n) is 2.73. The second-order valence-electron chi connectivity index (χ2n) is 4.15. The van der Waals surface area contributed by atoms with Crippen molar-refractivity contribution in [2.24, 2.45) is 0 Å². The number of rotatable bonds is 4. The van der Waals surface area contributed by atoms with Crippen molar-refractivity contribution in [2.75, 3.05) is 0 Å². The van der Waals surface area contributed by atoms with E-state index in [2.05, 4.69) is 5.10 Å². The first kappa shape index (κ1) is 13.2. The minimum absolute atomic E-state index is 0.0309. The molecule has 1 heterocycles. The minimum atomic E-state index is -0.978. The quantitative estimate of drug-likeness (QED) is 0.677. The van der Waals surface area contributed by atoms with Crippen molar-refractivity contribution in [1.29, 1.82) is 0 Å². The van der Waals surface area contributed by atoms with Gasteiger partial charge in [0.05, 0.1) is 23.4 Å². The molecule has 2 rings (SSSR count). The van der Waals surface area contributed by atoms with E-state index in [0.29, 0.717) is 11.3 Å². The van der Waals surface area contributed by atoms with Gasteiger partial charge in [0.15, 0.2) is 0 Å². The van der Waals surface area contributed by atoms with Crippen molar-refractivity contribution in [1.82, 2.24) is 9.78 Å². The average molecular weight is 265 g/mol. The van der Waals surface area contributed by atoms with Crippen LogP contribution in [0.2, 0.25) is 0 Å². The molecule has 0 saturated heterocycles. The Bertz CT molecular complexity index is 612. The van der Waals surface area contributed by atoms with Crippen LogP contribution >= 0.6 is 0 Å². The monoisotopic (exact) mass is 265 g/mol. The summed E-state index contributed by atoms with van der Waals surface area (Å²) in [4.78, 5) is 9.99. The highest BCUT2D eigenvalue weighted by Crippen LogP contribution is 2.18. The van der Waals surface area contributed by atoms with Gasteiger partial charge >= 0.3 is 5.82 Å². The van der Waals surface area contributed by atoms with Gasteiger partial charge in [-0.25, -0.2) is 4.39 Å². The first-order chi connectivity index (χ1) is 8.97. The molecule has 0 radical (unpaired) electrons.